The van der Waals surface area contributed by atoms with Gasteiger partial charge in [-0.05, 0) is 26.1 Å². The minimum absolute atomic E-state index is 0.0842. The zero-order valence-corrected chi connectivity index (χ0v) is 10.1. The van der Waals surface area contributed by atoms with Gasteiger partial charge in [-0.25, -0.2) is 4.79 Å². The van der Waals surface area contributed by atoms with Crippen LogP contribution in [0.5, 0.6) is 0 Å². The molecule has 1 rings (SSSR count). The molecule has 0 radical (unpaired) electrons. The fourth-order valence-corrected chi connectivity index (χ4v) is 1.24. The summed E-state index contributed by atoms with van der Waals surface area (Å²) in [6.07, 6.45) is 0. The van der Waals surface area contributed by atoms with Crippen LogP contribution < -0.4 is 10.6 Å². The normalized spacial score (nSPS) is 9.94. The molecular weight excluding hydrogens is 202 g/mol. The quantitative estimate of drug-likeness (QED) is 0.812. The first-order valence-electron chi connectivity index (χ1n) is 5.37. The van der Waals surface area contributed by atoms with Crippen LogP contribution in [-0.4, -0.2) is 38.1 Å². The first-order valence-corrected chi connectivity index (χ1v) is 5.37. The smallest absolute Gasteiger partial charge is 0.321 e. The van der Waals surface area contributed by atoms with E-state index in [4.69, 9.17) is 0 Å². The number of urea groups is 1. The first kappa shape index (κ1) is 12.5. The molecule has 0 bridgehead atoms. The van der Waals surface area contributed by atoms with E-state index in [1.165, 1.54) is 5.56 Å². The third-order valence-corrected chi connectivity index (χ3v) is 2.35. The van der Waals surface area contributed by atoms with Crippen molar-refractivity contribution in [2.45, 2.75) is 6.92 Å². The number of amides is 2. The molecule has 4 heteroatoms. The second kappa shape index (κ2) is 6.12. The van der Waals surface area contributed by atoms with Crippen LogP contribution in [0.3, 0.4) is 0 Å². The number of carbonyl (C=O) groups is 1. The molecule has 0 saturated carbocycles. The molecule has 0 atom stereocenters. The van der Waals surface area contributed by atoms with Crippen molar-refractivity contribution in [3.63, 3.8) is 0 Å². The zero-order chi connectivity index (χ0) is 12.0. The third kappa shape index (κ3) is 3.90. The van der Waals surface area contributed by atoms with Crippen molar-refractivity contribution >= 4 is 11.7 Å². The molecule has 88 valence electrons. The predicted octanol–water partition coefficient (Wildman–Crippen LogP) is 1.68. The summed E-state index contributed by atoms with van der Waals surface area (Å²) in [5, 5.41) is 5.84. The van der Waals surface area contributed by atoms with E-state index in [0.717, 1.165) is 12.2 Å². The number of likely N-dealkylation sites (N-methyl/N-ethyl adjacent to an activating group) is 2. The van der Waals surface area contributed by atoms with Gasteiger partial charge in [-0.2, -0.15) is 0 Å². The van der Waals surface area contributed by atoms with Crippen LogP contribution in [0.2, 0.25) is 0 Å². The van der Waals surface area contributed by atoms with Gasteiger partial charge in [0.1, 0.15) is 0 Å². The van der Waals surface area contributed by atoms with Crippen LogP contribution >= 0.6 is 0 Å². The van der Waals surface area contributed by atoms with E-state index in [2.05, 4.69) is 10.6 Å². The SMILES string of the molecule is CNCCN(C)C(=O)Nc1ccc(C)cc1. The van der Waals surface area contributed by atoms with E-state index in [1.54, 1.807) is 11.9 Å². The summed E-state index contributed by atoms with van der Waals surface area (Å²) >= 11 is 0. The topological polar surface area (TPSA) is 44.4 Å². The molecule has 0 saturated heterocycles. The average Bonchev–Trinajstić information content (AvgIpc) is 2.29. The van der Waals surface area contributed by atoms with E-state index in [1.807, 2.05) is 38.2 Å². The van der Waals surface area contributed by atoms with Crippen LogP contribution in [-0.2, 0) is 0 Å². The summed E-state index contributed by atoms with van der Waals surface area (Å²) in [4.78, 5) is 13.3. The van der Waals surface area contributed by atoms with E-state index < -0.39 is 0 Å². The molecular formula is C12H19N3O. The minimum Gasteiger partial charge on any atom is -0.326 e. The van der Waals surface area contributed by atoms with E-state index in [9.17, 15) is 4.79 Å². The number of rotatable bonds is 4. The summed E-state index contributed by atoms with van der Waals surface area (Å²) in [5.41, 5.74) is 2.01. The fraction of sp³-hybridized carbons (Fsp3) is 0.417. The summed E-state index contributed by atoms with van der Waals surface area (Å²) < 4.78 is 0. The largest absolute Gasteiger partial charge is 0.326 e. The summed E-state index contributed by atoms with van der Waals surface area (Å²) in [7, 11) is 3.65. The highest BCUT2D eigenvalue weighted by Gasteiger charge is 2.07. The maximum absolute atomic E-state index is 11.7. The highest BCUT2D eigenvalue weighted by Crippen LogP contribution is 2.08. The Morgan fingerprint density at radius 2 is 1.94 bits per heavy atom. The van der Waals surface area contributed by atoms with Gasteiger partial charge in [-0.15, -0.1) is 0 Å². The number of carbonyl (C=O) groups excluding carboxylic acids is 1. The van der Waals surface area contributed by atoms with E-state index in [0.29, 0.717) is 6.54 Å². The standard InChI is InChI=1S/C12H19N3O/c1-10-4-6-11(7-5-10)14-12(16)15(3)9-8-13-2/h4-7,13H,8-9H2,1-3H3,(H,14,16). The van der Waals surface area contributed by atoms with Crippen molar-refractivity contribution in [3.05, 3.63) is 29.8 Å². The third-order valence-electron chi connectivity index (χ3n) is 2.35. The Labute approximate surface area is 96.6 Å². The molecule has 2 N–H and O–H groups in total. The first-order chi connectivity index (χ1) is 7.63. The molecule has 0 heterocycles. The Morgan fingerprint density at radius 3 is 2.50 bits per heavy atom. The Kier molecular flexibility index (Phi) is 4.79. The monoisotopic (exact) mass is 221 g/mol. The molecule has 2 amide bonds. The van der Waals surface area contributed by atoms with Crippen LogP contribution in [0.4, 0.5) is 10.5 Å². The van der Waals surface area contributed by atoms with Crippen molar-refractivity contribution in [2.75, 3.05) is 32.5 Å². The lowest BCUT2D eigenvalue weighted by atomic mass is 10.2. The van der Waals surface area contributed by atoms with Crippen LogP contribution in [0.1, 0.15) is 5.56 Å². The van der Waals surface area contributed by atoms with Gasteiger partial charge in [-0.3, -0.25) is 0 Å². The molecule has 0 fully saturated rings. The molecule has 0 aromatic heterocycles. The van der Waals surface area contributed by atoms with Crippen LogP contribution in [0.15, 0.2) is 24.3 Å². The minimum atomic E-state index is -0.0842. The Morgan fingerprint density at radius 1 is 1.31 bits per heavy atom. The molecule has 0 spiro atoms. The van der Waals surface area contributed by atoms with Gasteiger partial charge in [0, 0.05) is 25.8 Å². The van der Waals surface area contributed by atoms with E-state index in [-0.39, 0.29) is 6.03 Å². The Hall–Kier alpha value is -1.55. The van der Waals surface area contributed by atoms with Crippen LogP contribution in [0.25, 0.3) is 0 Å². The molecule has 1 aromatic carbocycles. The van der Waals surface area contributed by atoms with Gasteiger partial charge < -0.3 is 15.5 Å². The van der Waals surface area contributed by atoms with Gasteiger partial charge in [0.2, 0.25) is 0 Å². The van der Waals surface area contributed by atoms with Crippen molar-refractivity contribution in [1.29, 1.82) is 0 Å². The number of nitrogens with zero attached hydrogens (tertiary/aromatic N) is 1. The summed E-state index contributed by atoms with van der Waals surface area (Å²) in [6.45, 7) is 3.50. The number of hydrogen-bond donors (Lipinski definition) is 2. The zero-order valence-electron chi connectivity index (χ0n) is 10.1. The molecule has 0 unspecified atom stereocenters. The average molecular weight is 221 g/mol. The molecule has 0 aliphatic rings. The van der Waals surface area contributed by atoms with Crippen molar-refractivity contribution in [3.8, 4) is 0 Å². The number of benzene rings is 1. The molecule has 1 aromatic rings. The maximum Gasteiger partial charge on any atom is 0.321 e. The van der Waals surface area contributed by atoms with Crippen molar-refractivity contribution in [1.82, 2.24) is 10.2 Å². The lowest BCUT2D eigenvalue weighted by Crippen LogP contribution is -2.35. The lowest BCUT2D eigenvalue weighted by Gasteiger charge is -2.17. The molecule has 0 aliphatic heterocycles. The number of anilines is 1. The maximum atomic E-state index is 11.7. The second-order valence-corrected chi connectivity index (χ2v) is 3.82. The number of aryl methyl sites for hydroxylation is 1. The highest BCUT2D eigenvalue weighted by atomic mass is 16.2. The molecule has 0 aliphatic carbocycles. The summed E-state index contributed by atoms with van der Waals surface area (Å²) in [6, 6.07) is 7.67. The van der Waals surface area contributed by atoms with Gasteiger partial charge in [0.05, 0.1) is 0 Å². The van der Waals surface area contributed by atoms with E-state index >= 15 is 0 Å². The van der Waals surface area contributed by atoms with Gasteiger partial charge >= 0.3 is 6.03 Å². The predicted molar refractivity (Wildman–Crippen MR) is 66.8 cm³/mol. The van der Waals surface area contributed by atoms with Gasteiger partial charge in [0.25, 0.3) is 0 Å². The number of hydrogen-bond acceptors (Lipinski definition) is 2. The summed E-state index contributed by atoms with van der Waals surface area (Å²) in [5.74, 6) is 0. The van der Waals surface area contributed by atoms with Crippen molar-refractivity contribution < 1.29 is 4.79 Å². The molecule has 16 heavy (non-hydrogen) atoms. The van der Waals surface area contributed by atoms with Gasteiger partial charge in [0.15, 0.2) is 0 Å². The number of nitrogens with one attached hydrogen (secondary N) is 2. The Bertz CT molecular complexity index is 335. The van der Waals surface area contributed by atoms with Gasteiger partial charge in [-0.1, -0.05) is 17.7 Å². The van der Waals surface area contributed by atoms with Crippen molar-refractivity contribution in [2.24, 2.45) is 0 Å². The second-order valence-electron chi connectivity index (χ2n) is 3.82. The lowest BCUT2D eigenvalue weighted by molar-refractivity contribution is 0.223. The molecule has 4 nitrogen and oxygen atoms in total. The fourth-order valence-electron chi connectivity index (χ4n) is 1.24. The van der Waals surface area contributed by atoms with Crippen LogP contribution in [0, 0.1) is 6.92 Å². The Balaban J connectivity index is 2.47. The highest BCUT2D eigenvalue weighted by molar-refractivity contribution is 5.89.